The average Bonchev–Trinajstić information content (AvgIpc) is 2.65. The number of nitrogens with two attached hydrogens (primary N) is 1. The number of nitrogens with one attached hydrogen (secondary N) is 1. The van der Waals surface area contributed by atoms with Crippen LogP contribution in [0.4, 0.5) is 17.5 Å². The average molecular weight is 385 g/mol. The van der Waals surface area contributed by atoms with Crippen molar-refractivity contribution in [1.29, 1.82) is 0 Å². The number of ketones is 1. The van der Waals surface area contributed by atoms with Crippen molar-refractivity contribution >= 4 is 46.6 Å². The Balaban J connectivity index is 1.87. The fourth-order valence-electron chi connectivity index (χ4n) is 2.45. The molecule has 0 atom stereocenters. The molecule has 26 heavy (non-hydrogen) atoms. The molecule has 0 saturated carbocycles. The van der Waals surface area contributed by atoms with Crippen molar-refractivity contribution in [2.24, 2.45) is 0 Å². The summed E-state index contributed by atoms with van der Waals surface area (Å²) in [4.78, 5) is 22.0. The van der Waals surface area contributed by atoms with Crippen LogP contribution in [-0.4, -0.2) is 22.0 Å². The molecular weight excluding hydrogens is 368 g/mol. The van der Waals surface area contributed by atoms with Crippen LogP contribution >= 0.6 is 23.4 Å². The topological polar surface area (TPSA) is 80.9 Å². The number of aromatic nitrogens is 2. The second kappa shape index (κ2) is 7.76. The van der Waals surface area contributed by atoms with Gasteiger partial charge in [-0.15, -0.1) is 11.8 Å². The minimum absolute atomic E-state index is 0.0502. The number of hydrogen-bond donors (Lipinski definition) is 2. The molecule has 3 aromatic rings. The number of nitrogen functional groups attached to an aromatic ring is 1. The molecule has 1 heterocycles. The van der Waals surface area contributed by atoms with Crippen LogP contribution in [0.2, 0.25) is 5.02 Å². The maximum absolute atomic E-state index is 12.7. The van der Waals surface area contributed by atoms with Crippen molar-refractivity contribution in [2.75, 3.05) is 17.3 Å². The summed E-state index contributed by atoms with van der Waals surface area (Å²) in [5, 5.41) is 3.49. The van der Waals surface area contributed by atoms with Gasteiger partial charge in [0, 0.05) is 21.7 Å². The summed E-state index contributed by atoms with van der Waals surface area (Å²) in [5.41, 5.74) is 8.17. The van der Waals surface area contributed by atoms with Crippen molar-refractivity contribution < 1.29 is 4.79 Å². The fourth-order valence-corrected chi connectivity index (χ4v) is 2.99. The molecule has 0 aliphatic rings. The Kier molecular flexibility index (Phi) is 5.44. The standard InChI is InChI=1S/C19H17ClN4OS/c1-11-16(20)18(24-19(21)22-11)23-14-5-3-4-13(10-14)17(25)12-6-8-15(26-2)9-7-12/h3-10H,1-2H3,(H3,21,22,23,24). The number of hydrogen-bond acceptors (Lipinski definition) is 6. The first-order valence-corrected chi connectivity index (χ1v) is 9.43. The Morgan fingerprint density at radius 3 is 2.54 bits per heavy atom. The lowest BCUT2D eigenvalue weighted by molar-refractivity contribution is 0.103. The first kappa shape index (κ1) is 18.2. The number of halogens is 1. The van der Waals surface area contributed by atoms with Crippen LogP contribution in [0.3, 0.4) is 0 Å². The molecule has 5 nitrogen and oxygen atoms in total. The third-order valence-electron chi connectivity index (χ3n) is 3.77. The van der Waals surface area contributed by atoms with Gasteiger partial charge in [-0.2, -0.15) is 4.98 Å². The zero-order valence-electron chi connectivity index (χ0n) is 14.3. The Bertz CT molecular complexity index is 960. The maximum Gasteiger partial charge on any atom is 0.222 e. The number of anilines is 3. The van der Waals surface area contributed by atoms with Gasteiger partial charge in [0.25, 0.3) is 0 Å². The summed E-state index contributed by atoms with van der Waals surface area (Å²) in [7, 11) is 0. The van der Waals surface area contributed by atoms with Crippen LogP contribution < -0.4 is 11.1 Å². The van der Waals surface area contributed by atoms with Gasteiger partial charge in [-0.3, -0.25) is 4.79 Å². The van der Waals surface area contributed by atoms with Crippen LogP contribution in [0.15, 0.2) is 53.4 Å². The zero-order chi connectivity index (χ0) is 18.7. The van der Waals surface area contributed by atoms with Gasteiger partial charge in [0.1, 0.15) is 5.02 Å². The molecule has 0 unspecified atom stereocenters. The molecule has 0 radical (unpaired) electrons. The van der Waals surface area contributed by atoms with E-state index in [4.69, 9.17) is 17.3 Å². The minimum atomic E-state index is -0.0502. The predicted octanol–water partition coefficient (Wildman–Crippen LogP) is 4.72. The summed E-state index contributed by atoms with van der Waals surface area (Å²) in [6, 6.07) is 14.7. The van der Waals surface area contributed by atoms with E-state index >= 15 is 0 Å². The molecule has 2 aromatic carbocycles. The summed E-state index contributed by atoms with van der Waals surface area (Å²) < 4.78 is 0. The van der Waals surface area contributed by atoms with E-state index < -0.39 is 0 Å². The molecule has 0 amide bonds. The van der Waals surface area contributed by atoms with Crippen molar-refractivity contribution in [3.63, 3.8) is 0 Å². The van der Waals surface area contributed by atoms with Crippen LogP contribution in [0, 0.1) is 6.92 Å². The summed E-state index contributed by atoms with van der Waals surface area (Å²) in [6.45, 7) is 1.75. The van der Waals surface area contributed by atoms with Crippen LogP contribution in [0.25, 0.3) is 0 Å². The first-order valence-electron chi connectivity index (χ1n) is 7.83. The Hall–Kier alpha value is -2.57. The van der Waals surface area contributed by atoms with Gasteiger partial charge in [-0.1, -0.05) is 23.7 Å². The van der Waals surface area contributed by atoms with E-state index in [9.17, 15) is 4.79 Å². The fraction of sp³-hybridized carbons (Fsp3) is 0.105. The Morgan fingerprint density at radius 2 is 1.85 bits per heavy atom. The molecule has 132 valence electrons. The molecule has 3 rings (SSSR count). The lowest BCUT2D eigenvalue weighted by atomic mass is 10.0. The highest BCUT2D eigenvalue weighted by atomic mass is 35.5. The normalized spacial score (nSPS) is 10.6. The van der Waals surface area contributed by atoms with Gasteiger partial charge in [-0.05, 0) is 49.6 Å². The predicted molar refractivity (Wildman–Crippen MR) is 108 cm³/mol. The van der Waals surface area contributed by atoms with E-state index in [-0.39, 0.29) is 11.7 Å². The molecule has 1 aromatic heterocycles. The van der Waals surface area contributed by atoms with Gasteiger partial charge < -0.3 is 11.1 Å². The van der Waals surface area contributed by atoms with E-state index in [1.165, 1.54) is 0 Å². The van der Waals surface area contributed by atoms with Crippen LogP contribution in [0.1, 0.15) is 21.6 Å². The summed E-state index contributed by atoms with van der Waals surface area (Å²) in [6.07, 6.45) is 2.00. The third-order valence-corrected chi connectivity index (χ3v) is 4.97. The molecule has 0 bridgehead atoms. The van der Waals surface area contributed by atoms with Crippen molar-refractivity contribution in [1.82, 2.24) is 9.97 Å². The largest absolute Gasteiger partial charge is 0.368 e. The van der Waals surface area contributed by atoms with Gasteiger partial charge in [-0.25, -0.2) is 4.98 Å². The highest BCUT2D eigenvalue weighted by Gasteiger charge is 2.12. The van der Waals surface area contributed by atoms with Crippen molar-refractivity contribution in [3.8, 4) is 0 Å². The highest BCUT2D eigenvalue weighted by Crippen LogP contribution is 2.27. The number of aryl methyl sites for hydroxylation is 1. The summed E-state index contributed by atoms with van der Waals surface area (Å²) >= 11 is 7.87. The molecule has 3 N–H and O–H groups in total. The van der Waals surface area contributed by atoms with E-state index in [0.29, 0.717) is 33.3 Å². The number of benzene rings is 2. The number of thioether (sulfide) groups is 1. The molecule has 0 aliphatic heterocycles. The van der Waals surface area contributed by atoms with E-state index in [0.717, 1.165) is 4.90 Å². The van der Waals surface area contributed by atoms with Gasteiger partial charge in [0.15, 0.2) is 11.6 Å². The minimum Gasteiger partial charge on any atom is -0.368 e. The smallest absolute Gasteiger partial charge is 0.222 e. The van der Waals surface area contributed by atoms with Crippen LogP contribution in [0.5, 0.6) is 0 Å². The second-order valence-electron chi connectivity index (χ2n) is 5.59. The molecule has 0 aliphatic carbocycles. The lowest BCUT2D eigenvalue weighted by Crippen LogP contribution is -2.05. The van der Waals surface area contributed by atoms with E-state index in [2.05, 4.69) is 15.3 Å². The number of carbonyl (C=O) groups excluding carboxylic acids is 1. The number of carbonyl (C=O) groups is 1. The van der Waals surface area contributed by atoms with Gasteiger partial charge in [0.2, 0.25) is 5.95 Å². The quantitative estimate of drug-likeness (QED) is 0.489. The SMILES string of the molecule is CSc1ccc(C(=O)c2cccc(Nc3nc(N)nc(C)c3Cl)c2)cc1. The van der Waals surface area contributed by atoms with E-state index in [1.54, 1.807) is 36.9 Å². The third kappa shape index (κ3) is 3.98. The first-order chi connectivity index (χ1) is 12.5. The number of nitrogens with zero attached hydrogens (tertiary/aromatic N) is 2. The molecule has 0 saturated heterocycles. The van der Waals surface area contributed by atoms with Gasteiger partial charge in [0.05, 0.1) is 5.69 Å². The van der Waals surface area contributed by atoms with Crippen molar-refractivity contribution in [2.45, 2.75) is 11.8 Å². The van der Waals surface area contributed by atoms with E-state index in [1.807, 2.05) is 36.6 Å². The second-order valence-corrected chi connectivity index (χ2v) is 6.85. The van der Waals surface area contributed by atoms with Gasteiger partial charge >= 0.3 is 0 Å². The molecule has 7 heteroatoms. The number of rotatable bonds is 5. The molecular formula is C19H17ClN4OS. The Morgan fingerprint density at radius 1 is 1.12 bits per heavy atom. The van der Waals surface area contributed by atoms with Crippen LogP contribution in [-0.2, 0) is 0 Å². The van der Waals surface area contributed by atoms with Crippen molar-refractivity contribution in [3.05, 3.63) is 70.4 Å². The monoisotopic (exact) mass is 384 g/mol. The Labute approximate surface area is 161 Å². The summed E-state index contributed by atoms with van der Waals surface area (Å²) in [5.74, 6) is 0.492. The zero-order valence-corrected chi connectivity index (χ0v) is 15.9. The maximum atomic E-state index is 12.7. The molecule has 0 fully saturated rings. The lowest BCUT2D eigenvalue weighted by Gasteiger charge is -2.11. The highest BCUT2D eigenvalue weighted by molar-refractivity contribution is 7.98. The molecule has 0 spiro atoms.